The zero-order valence-corrected chi connectivity index (χ0v) is 11.7. The van der Waals surface area contributed by atoms with E-state index in [1.165, 1.54) is 6.33 Å². The van der Waals surface area contributed by atoms with Crippen molar-refractivity contribution in [2.45, 2.75) is 19.8 Å². The van der Waals surface area contributed by atoms with E-state index in [-0.39, 0.29) is 6.61 Å². The number of nitrogens with zero attached hydrogens (tertiary/aromatic N) is 3. The Balaban J connectivity index is 2.97. The lowest BCUT2D eigenvalue weighted by Crippen LogP contribution is -2.32. The second kappa shape index (κ2) is 8.24. The largest absolute Gasteiger partial charge is 0.395 e. The van der Waals surface area contributed by atoms with Gasteiger partial charge in [-0.3, -0.25) is 0 Å². The van der Waals surface area contributed by atoms with Crippen LogP contribution in [0.3, 0.4) is 0 Å². The van der Waals surface area contributed by atoms with Crippen molar-refractivity contribution < 1.29 is 9.84 Å². The van der Waals surface area contributed by atoms with Crippen molar-refractivity contribution in [3.63, 3.8) is 0 Å². The number of aromatic nitrogens is 2. The molecule has 0 atom stereocenters. The lowest BCUT2D eigenvalue weighted by molar-refractivity contribution is 0.202. The van der Waals surface area contributed by atoms with Crippen LogP contribution in [0.1, 0.15) is 18.9 Å². The van der Waals surface area contributed by atoms with Gasteiger partial charge in [0.05, 0.1) is 13.2 Å². The van der Waals surface area contributed by atoms with Gasteiger partial charge in [-0.2, -0.15) is 0 Å². The molecule has 6 heteroatoms. The SMILES string of the molecule is CCCc1c(Cl)ncnc1N(CCO)CCOC. The van der Waals surface area contributed by atoms with Gasteiger partial charge in [0.25, 0.3) is 0 Å². The van der Waals surface area contributed by atoms with Crippen LogP contribution in [-0.4, -0.2) is 48.5 Å². The molecule has 0 saturated carbocycles. The van der Waals surface area contributed by atoms with E-state index in [1.807, 2.05) is 4.90 Å². The van der Waals surface area contributed by atoms with Gasteiger partial charge < -0.3 is 14.7 Å². The minimum Gasteiger partial charge on any atom is -0.395 e. The molecule has 1 aromatic rings. The predicted octanol–water partition coefficient (Wildman–Crippen LogP) is 1.53. The van der Waals surface area contributed by atoms with Gasteiger partial charge in [0.1, 0.15) is 17.3 Å². The summed E-state index contributed by atoms with van der Waals surface area (Å²) in [7, 11) is 1.65. The van der Waals surface area contributed by atoms with Crippen molar-refractivity contribution in [1.82, 2.24) is 9.97 Å². The molecule has 0 saturated heterocycles. The molecular weight excluding hydrogens is 254 g/mol. The molecule has 0 fully saturated rings. The third kappa shape index (κ3) is 4.08. The Labute approximate surface area is 113 Å². The number of aliphatic hydroxyl groups excluding tert-OH is 1. The summed E-state index contributed by atoms with van der Waals surface area (Å²) in [6.07, 6.45) is 3.25. The van der Waals surface area contributed by atoms with E-state index in [0.717, 1.165) is 24.2 Å². The highest BCUT2D eigenvalue weighted by Gasteiger charge is 2.15. The molecule has 0 spiro atoms. The minimum atomic E-state index is 0.0664. The Morgan fingerprint density at radius 1 is 1.39 bits per heavy atom. The number of anilines is 1. The maximum Gasteiger partial charge on any atom is 0.137 e. The molecule has 0 aliphatic carbocycles. The normalized spacial score (nSPS) is 10.7. The topological polar surface area (TPSA) is 58.5 Å². The number of rotatable bonds is 8. The highest BCUT2D eigenvalue weighted by Crippen LogP contribution is 2.24. The molecule has 0 radical (unpaired) electrons. The molecule has 102 valence electrons. The van der Waals surface area contributed by atoms with Gasteiger partial charge >= 0.3 is 0 Å². The number of hydrogen-bond donors (Lipinski definition) is 1. The Kier molecular flexibility index (Phi) is 6.93. The number of hydrogen-bond acceptors (Lipinski definition) is 5. The number of halogens is 1. The van der Waals surface area contributed by atoms with Crippen LogP contribution in [0.15, 0.2) is 6.33 Å². The molecular formula is C12H20ClN3O2. The van der Waals surface area contributed by atoms with Gasteiger partial charge in [-0.25, -0.2) is 9.97 Å². The molecule has 0 amide bonds. The van der Waals surface area contributed by atoms with Gasteiger partial charge in [-0.1, -0.05) is 24.9 Å². The molecule has 1 N–H and O–H groups in total. The second-order valence-electron chi connectivity index (χ2n) is 3.92. The lowest BCUT2D eigenvalue weighted by Gasteiger charge is -2.24. The van der Waals surface area contributed by atoms with Crippen LogP contribution in [0.5, 0.6) is 0 Å². The maximum atomic E-state index is 9.13. The summed E-state index contributed by atoms with van der Waals surface area (Å²) < 4.78 is 5.07. The first-order chi connectivity index (χ1) is 8.74. The fourth-order valence-electron chi connectivity index (χ4n) is 1.77. The summed E-state index contributed by atoms with van der Waals surface area (Å²) in [6.45, 7) is 3.90. The van der Waals surface area contributed by atoms with Crippen molar-refractivity contribution >= 4 is 17.4 Å². The average molecular weight is 274 g/mol. The van der Waals surface area contributed by atoms with E-state index in [0.29, 0.717) is 24.8 Å². The van der Waals surface area contributed by atoms with Crippen LogP contribution in [0.4, 0.5) is 5.82 Å². The Hall–Kier alpha value is -0.910. The third-order valence-electron chi connectivity index (χ3n) is 2.60. The standard InChI is InChI=1S/C12H20ClN3O2/c1-3-4-10-11(13)14-9-15-12(10)16(5-7-17)6-8-18-2/h9,17H,3-8H2,1-2H3. The maximum absolute atomic E-state index is 9.13. The fraction of sp³-hybridized carbons (Fsp3) is 0.667. The Morgan fingerprint density at radius 3 is 2.78 bits per heavy atom. The highest BCUT2D eigenvalue weighted by atomic mass is 35.5. The van der Waals surface area contributed by atoms with Crippen molar-refractivity contribution in [3.05, 3.63) is 17.0 Å². The van der Waals surface area contributed by atoms with E-state index in [1.54, 1.807) is 7.11 Å². The first-order valence-electron chi connectivity index (χ1n) is 6.08. The molecule has 0 aliphatic heterocycles. The summed E-state index contributed by atoms with van der Waals surface area (Å²) in [4.78, 5) is 10.3. The summed E-state index contributed by atoms with van der Waals surface area (Å²) in [5.74, 6) is 0.794. The molecule has 1 rings (SSSR count). The molecule has 5 nitrogen and oxygen atoms in total. The van der Waals surface area contributed by atoms with Gasteiger partial charge in [0.2, 0.25) is 0 Å². The van der Waals surface area contributed by atoms with Gasteiger partial charge in [0, 0.05) is 25.8 Å². The first kappa shape index (κ1) is 15.1. The van der Waals surface area contributed by atoms with E-state index in [9.17, 15) is 0 Å². The zero-order valence-electron chi connectivity index (χ0n) is 10.9. The zero-order chi connectivity index (χ0) is 13.4. The summed E-state index contributed by atoms with van der Waals surface area (Å²) in [5.41, 5.74) is 0.936. The summed E-state index contributed by atoms with van der Waals surface area (Å²) in [5, 5.41) is 9.62. The average Bonchev–Trinajstić information content (AvgIpc) is 2.37. The number of methoxy groups -OCH3 is 1. The van der Waals surface area contributed by atoms with E-state index in [4.69, 9.17) is 21.4 Å². The summed E-state index contributed by atoms with van der Waals surface area (Å²) in [6, 6.07) is 0. The molecule has 1 heterocycles. The predicted molar refractivity (Wildman–Crippen MR) is 72.2 cm³/mol. The summed E-state index contributed by atoms with van der Waals surface area (Å²) >= 11 is 6.11. The van der Waals surface area contributed by atoms with Crippen LogP contribution in [0, 0.1) is 0 Å². The quantitative estimate of drug-likeness (QED) is 0.728. The second-order valence-corrected chi connectivity index (χ2v) is 4.28. The Bertz CT molecular complexity index is 363. The number of ether oxygens (including phenoxy) is 1. The molecule has 1 aromatic heterocycles. The molecule has 0 unspecified atom stereocenters. The van der Waals surface area contributed by atoms with Crippen molar-refractivity contribution in [2.75, 3.05) is 38.3 Å². The lowest BCUT2D eigenvalue weighted by atomic mass is 10.1. The van der Waals surface area contributed by atoms with Gasteiger partial charge in [-0.15, -0.1) is 0 Å². The minimum absolute atomic E-state index is 0.0664. The smallest absolute Gasteiger partial charge is 0.137 e. The van der Waals surface area contributed by atoms with Crippen LogP contribution in [0.25, 0.3) is 0 Å². The molecule has 18 heavy (non-hydrogen) atoms. The van der Waals surface area contributed by atoms with Crippen LogP contribution < -0.4 is 4.90 Å². The van der Waals surface area contributed by atoms with Crippen LogP contribution in [-0.2, 0) is 11.2 Å². The molecule has 0 bridgehead atoms. The number of aliphatic hydroxyl groups is 1. The van der Waals surface area contributed by atoms with Crippen molar-refractivity contribution in [1.29, 1.82) is 0 Å². The monoisotopic (exact) mass is 273 g/mol. The van der Waals surface area contributed by atoms with Crippen molar-refractivity contribution in [2.24, 2.45) is 0 Å². The van der Waals surface area contributed by atoms with E-state index < -0.39 is 0 Å². The van der Waals surface area contributed by atoms with Gasteiger partial charge in [-0.05, 0) is 6.42 Å². The van der Waals surface area contributed by atoms with Crippen LogP contribution in [0.2, 0.25) is 5.15 Å². The van der Waals surface area contributed by atoms with E-state index >= 15 is 0 Å². The van der Waals surface area contributed by atoms with Crippen LogP contribution >= 0.6 is 11.6 Å². The molecule has 0 aromatic carbocycles. The third-order valence-corrected chi connectivity index (χ3v) is 2.93. The Morgan fingerprint density at radius 2 is 2.17 bits per heavy atom. The van der Waals surface area contributed by atoms with E-state index in [2.05, 4.69) is 16.9 Å². The fourth-order valence-corrected chi connectivity index (χ4v) is 1.99. The van der Waals surface area contributed by atoms with Gasteiger partial charge in [0.15, 0.2) is 0 Å². The molecule has 0 aliphatic rings. The first-order valence-corrected chi connectivity index (χ1v) is 6.46. The van der Waals surface area contributed by atoms with Crippen molar-refractivity contribution in [3.8, 4) is 0 Å². The highest BCUT2D eigenvalue weighted by molar-refractivity contribution is 6.30.